The topological polar surface area (TPSA) is 42.7 Å². The fraction of sp³-hybridized carbons (Fsp3) is 0.333. The molecule has 2 aromatic heterocycles. The number of imidazole rings is 1. The van der Waals surface area contributed by atoms with Crippen molar-refractivity contribution in [2.45, 2.75) is 32.9 Å². The standard InChI is InChI=1S/C18H22N4S/c1-14(20-9-6-11-22-12-10-19-13-22)17-15(2)21-18(23-17)16-7-4-3-5-8-16/h3-5,7-8,10,12-14,20H,6,9,11H2,1-2H3. The van der Waals surface area contributed by atoms with Gasteiger partial charge in [0.2, 0.25) is 0 Å². The lowest BCUT2D eigenvalue weighted by Gasteiger charge is -2.12. The number of aryl methyl sites for hydroxylation is 2. The Bertz CT molecular complexity index is 719. The summed E-state index contributed by atoms with van der Waals surface area (Å²) in [5.74, 6) is 0. The minimum atomic E-state index is 0.327. The normalized spacial score (nSPS) is 12.4. The zero-order chi connectivity index (χ0) is 16.1. The molecule has 1 atom stereocenters. The predicted octanol–water partition coefficient (Wildman–Crippen LogP) is 4.06. The van der Waals surface area contributed by atoms with Crippen LogP contribution in [0.3, 0.4) is 0 Å². The maximum Gasteiger partial charge on any atom is 0.123 e. The second-order valence-corrected chi connectivity index (χ2v) is 6.70. The summed E-state index contributed by atoms with van der Waals surface area (Å²) < 4.78 is 2.11. The first-order chi connectivity index (χ1) is 11.2. The quantitative estimate of drug-likeness (QED) is 0.666. The summed E-state index contributed by atoms with van der Waals surface area (Å²) in [6, 6.07) is 10.7. The average molecular weight is 326 g/mol. The molecule has 0 radical (unpaired) electrons. The van der Waals surface area contributed by atoms with E-state index in [0.29, 0.717) is 6.04 Å². The van der Waals surface area contributed by atoms with Crippen molar-refractivity contribution in [3.05, 3.63) is 59.6 Å². The third kappa shape index (κ3) is 4.06. The van der Waals surface area contributed by atoms with E-state index in [1.807, 2.05) is 24.8 Å². The molecule has 1 N–H and O–H groups in total. The van der Waals surface area contributed by atoms with Crippen LogP contribution in [0.15, 0.2) is 49.1 Å². The van der Waals surface area contributed by atoms with Gasteiger partial charge >= 0.3 is 0 Å². The highest BCUT2D eigenvalue weighted by Gasteiger charge is 2.14. The molecule has 0 saturated heterocycles. The minimum absolute atomic E-state index is 0.327. The largest absolute Gasteiger partial charge is 0.337 e. The number of hydrogen-bond acceptors (Lipinski definition) is 4. The van der Waals surface area contributed by atoms with Crippen LogP contribution in [0.1, 0.15) is 30.0 Å². The maximum atomic E-state index is 4.74. The Hall–Kier alpha value is -1.98. The third-order valence-electron chi connectivity index (χ3n) is 3.85. The van der Waals surface area contributed by atoms with Crippen molar-refractivity contribution in [3.8, 4) is 10.6 Å². The van der Waals surface area contributed by atoms with Gasteiger partial charge in [-0.1, -0.05) is 30.3 Å². The first-order valence-electron chi connectivity index (χ1n) is 7.96. The van der Waals surface area contributed by atoms with E-state index >= 15 is 0 Å². The van der Waals surface area contributed by atoms with Gasteiger partial charge in [-0.05, 0) is 26.8 Å². The van der Waals surface area contributed by atoms with Gasteiger partial charge in [-0.2, -0.15) is 0 Å². The number of nitrogens with zero attached hydrogens (tertiary/aromatic N) is 3. The van der Waals surface area contributed by atoms with Gasteiger partial charge in [0.25, 0.3) is 0 Å². The summed E-state index contributed by atoms with van der Waals surface area (Å²) in [7, 11) is 0. The first-order valence-corrected chi connectivity index (χ1v) is 8.77. The van der Waals surface area contributed by atoms with E-state index in [4.69, 9.17) is 4.98 Å². The van der Waals surface area contributed by atoms with Gasteiger partial charge in [0.15, 0.2) is 0 Å². The molecule has 0 aliphatic rings. The van der Waals surface area contributed by atoms with Gasteiger partial charge < -0.3 is 9.88 Å². The number of rotatable bonds is 7. The highest BCUT2D eigenvalue weighted by Crippen LogP contribution is 2.31. The molecule has 1 aromatic carbocycles. The van der Waals surface area contributed by atoms with Crippen molar-refractivity contribution in [2.75, 3.05) is 6.54 Å². The Labute approximate surface area is 141 Å². The third-order valence-corrected chi connectivity index (χ3v) is 5.24. The summed E-state index contributed by atoms with van der Waals surface area (Å²) in [4.78, 5) is 10.1. The Balaban J connectivity index is 1.57. The van der Waals surface area contributed by atoms with Crippen molar-refractivity contribution in [2.24, 2.45) is 0 Å². The molecular formula is C18H22N4S. The van der Waals surface area contributed by atoms with E-state index in [1.165, 1.54) is 10.4 Å². The summed E-state index contributed by atoms with van der Waals surface area (Å²) in [6.07, 6.45) is 6.78. The summed E-state index contributed by atoms with van der Waals surface area (Å²) in [5, 5.41) is 4.71. The molecule has 120 valence electrons. The number of thiazole rings is 1. The van der Waals surface area contributed by atoms with Crippen LogP contribution in [0.2, 0.25) is 0 Å². The Morgan fingerprint density at radius 1 is 1.26 bits per heavy atom. The van der Waals surface area contributed by atoms with Gasteiger partial charge in [0.1, 0.15) is 5.01 Å². The second kappa shape index (κ2) is 7.53. The van der Waals surface area contributed by atoms with Crippen LogP contribution >= 0.6 is 11.3 Å². The lowest BCUT2D eigenvalue weighted by Crippen LogP contribution is -2.20. The molecule has 0 spiro atoms. The maximum absolute atomic E-state index is 4.74. The van der Waals surface area contributed by atoms with Gasteiger partial charge in [0.05, 0.1) is 12.0 Å². The molecule has 0 aliphatic carbocycles. The Kier molecular flexibility index (Phi) is 5.20. The van der Waals surface area contributed by atoms with Crippen LogP contribution in [0.4, 0.5) is 0 Å². The molecule has 4 nitrogen and oxygen atoms in total. The Morgan fingerprint density at radius 3 is 2.83 bits per heavy atom. The lowest BCUT2D eigenvalue weighted by molar-refractivity contribution is 0.529. The van der Waals surface area contributed by atoms with Gasteiger partial charge in [-0.15, -0.1) is 11.3 Å². The summed E-state index contributed by atoms with van der Waals surface area (Å²) in [5.41, 5.74) is 2.32. The fourth-order valence-electron chi connectivity index (χ4n) is 2.61. The zero-order valence-corrected chi connectivity index (χ0v) is 14.4. The predicted molar refractivity (Wildman–Crippen MR) is 95.5 cm³/mol. The van der Waals surface area contributed by atoms with E-state index in [-0.39, 0.29) is 0 Å². The summed E-state index contributed by atoms with van der Waals surface area (Å²) >= 11 is 1.79. The molecular weight excluding hydrogens is 304 g/mol. The molecule has 1 unspecified atom stereocenters. The second-order valence-electron chi connectivity index (χ2n) is 5.66. The number of hydrogen-bond donors (Lipinski definition) is 1. The molecule has 0 aliphatic heterocycles. The van der Waals surface area contributed by atoms with Gasteiger partial charge in [0, 0.05) is 35.4 Å². The van der Waals surface area contributed by atoms with Crippen molar-refractivity contribution in [3.63, 3.8) is 0 Å². The molecule has 0 fully saturated rings. The smallest absolute Gasteiger partial charge is 0.123 e. The molecule has 2 heterocycles. The monoisotopic (exact) mass is 326 g/mol. The highest BCUT2D eigenvalue weighted by molar-refractivity contribution is 7.15. The number of benzene rings is 1. The van der Waals surface area contributed by atoms with Crippen molar-refractivity contribution in [1.29, 1.82) is 0 Å². The number of aromatic nitrogens is 3. The van der Waals surface area contributed by atoms with E-state index in [0.717, 1.165) is 30.2 Å². The van der Waals surface area contributed by atoms with Crippen molar-refractivity contribution < 1.29 is 0 Å². The molecule has 23 heavy (non-hydrogen) atoms. The average Bonchev–Trinajstić information content (AvgIpc) is 3.22. The van der Waals surface area contributed by atoms with E-state index in [1.54, 1.807) is 11.3 Å². The highest BCUT2D eigenvalue weighted by atomic mass is 32.1. The van der Waals surface area contributed by atoms with Crippen LogP contribution < -0.4 is 5.32 Å². The van der Waals surface area contributed by atoms with E-state index in [2.05, 4.69) is 53.0 Å². The van der Waals surface area contributed by atoms with E-state index in [9.17, 15) is 0 Å². The fourth-order valence-corrected chi connectivity index (χ4v) is 3.70. The van der Waals surface area contributed by atoms with Crippen molar-refractivity contribution >= 4 is 11.3 Å². The minimum Gasteiger partial charge on any atom is -0.337 e. The Morgan fingerprint density at radius 2 is 2.09 bits per heavy atom. The van der Waals surface area contributed by atoms with E-state index < -0.39 is 0 Å². The number of nitrogens with one attached hydrogen (secondary N) is 1. The SMILES string of the molecule is Cc1nc(-c2ccccc2)sc1C(C)NCCCn1ccnc1. The van der Waals surface area contributed by atoms with Crippen molar-refractivity contribution in [1.82, 2.24) is 19.9 Å². The lowest BCUT2D eigenvalue weighted by atomic mass is 10.2. The van der Waals surface area contributed by atoms with Crippen LogP contribution in [0.5, 0.6) is 0 Å². The molecule has 3 rings (SSSR count). The van der Waals surface area contributed by atoms with Crippen LogP contribution in [-0.4, -0.2) is 21.1 Å². The first kappa shape index (κ1) is 15.9. The molecule has 0 saturated carbocycles. The van der Waals surface area contributed by atoms with Crippen LogP contribution in [-0.2, 0) is 6.54 Å². The van der Waals surface area contributed by atoms with Gasteiger partial charge in [-0.25, -0.2) is 9.97 Å². The molecule has 0 bridgehead atoms. The van der Waals surface area contributed by atoms with Crippen LogP contribution in [0.25, 0.3) is 10.6 Å². The molecule has 0 amide bonds. The zero-order valence-electron chi connectivity index (χ0n) is 13.6. The molecule has 5 heteroatoms. The summed E-state index contributed by atoms with van der Waals surface area (Å²) in [6.45, 7) is 6.29. The van der Waals surface area contributed by atoms with Gasteiger partial charge in [-0.3, -0.25) is 0 Å². The van der Waals surface area contributed by atoms with Crippen LogP contribution in [0, 0.1) is 6.92 Å². The molecule has 3 aromatic rings.